The van der Waals surface area contributed by atoms with Crippen molar-refractivity contribution < 1.29 is 19.4 Å². The molecule has 1 heterocycles. The van der Waals surface area contributed by atoms with Crippen molar-refractivity contribution in [2.24, 2.45) is 10.2 Å². The first-order valence-corrected chi connectivity index (χ1v) is 8.81. The van der Waals surface area contributed by atoms with Crippen molar-refractivity contribution >= 4 is 66.9 Å². The van der Waals surface area contributed by atoms with Gasteiger partial charge in [0, 0.05) is 16.1 Å². The maximum absolute atomic E-state index is 11.7. The van der Waals surface area contributed by atoms with Gasteiger partial charge in [0.2, 0.25) is 0 Å². The molecule has 0 saturated carbocycles. The molecule has 0 unspecified atom stereocenters. The standard InChI is InChI=1S/C14H11Br2N3O4S/c1-6-8(15)3-7(12(21)11(6)16)5-17-19-14-18-13(22)9(24-14)4-10(20)23-2/h3-5,21H,1-2H3,(H,18,19,22)/b9-4+,17-5?. The van der Waals surface area contributed by atoms with E-state index < -0.39 is 11.9 Å². The molecule has 1 fully saturated rings. The van der Waals surface area contributed by atoms with Crippen LogP contribution >= 0.6 is 43.6 Å². The summed E-state index contributed by atoms with van der Waals surface area (Å²) in [5.41, 5.74) is 1.30. The van der Waals surface area contributed by atoms with Crippen LogP contribution in [-0.4, -0.2) is 35.5 Å². The summed E-state index contributed by atoms with van der Waals surface area (Å²) in [7, 11) is 1.22. The molecule has 1 saturated heterocycles. The van der Waals surface area contributed by atoms with Gasteiger partial charge in [-0.1, -0.05) is 15.9 Å². The van der Waals surface area contributed by atoms with Gasteiger partial charge in [0.25, 0.3) is 5.91 Å². The summed E-state index contributed by atoms with van der Waals surface area (Å²) in [6.07, 6.45) is 2.43. The van der Waals surface area contributed by atoms with Crippen molar-refractivity contribution in [3.05, 3.63) is 37.1 Å². The molecular formula is C14H11Br2N3O4S. The molecule has 1 aromatic carbocycles. The smallest absolute Gasteiger partial charge is 0.331 e. The lowest BCUT2D eigenvalue weighted by molar-refractivity contribution is -0.135. The first-order chi connectivity index (χ1) is 11.3. The van der Waals surface area contributed by atoms with E-state index in [1.807, 2.05) is 6.92 Å². The summed E-state index contributed by atoms with van der Waals surface area (Å²) in [5.74, 6) is -1.05. The number of aromatic hydroxyl groups is 1. The molecule has 1 amide bonds. The normalized spacial score (nSPS) is 17.8. The number of nitrogens with zero attached hydrogens (tertiary/aromatic N) is 2. The van der Waals surface area contributed by atoms with Gasteiger partial charge in [0.15, 0.2) is 5.17 Å². The minimum atomic E-state index is -0.628. The number of phenolic OH excluding ortho intramolecular Hbond substituents is 1. The minimum absolute atomic E-state index is 0.0361. The minimum Gasteiger partial charge on any atom is -0.506 e. The molecule has 1 aliphatic heterocycles. The number of hydrogen-bond donors (Lipinski definition) is 2. The third kappa shape index (κ3) is 4.25. The lowest BCUT2D eigenvalue weighted by Crippen LogP contribution is -2.19. The van der Waals surface area contributed by atoms with Crippen molar-refractivity contribution in [1.29, 1.82) is 0 Å². The Morgan fingerprint density at radius 2 is 2.17 bits per heavy atom. The average molecular weight is 477 g/mol. The van der Waals surface area contributed by atoms with Crippen molar-refractivity contribution in [3.8, 4) is 5.75 Å². The fraction of sp³-hybridized carbons (Fsp3) is 0.143. The Morgan fingerprint density at radius 1 is 1.46 bits per heavy atom. The average Bonchev–Trinajstić information content (AvgIpc) is 2.89. The number of rotatable bonds is 3. The molecule has 0 atom stereocenters. The summed E-state index contributed by atoms with van der Waals surface area (Å²) in [4.78, 5) is 23.0. The van der Waals surface area contributed by atoms with E-state index in [0.717, 1.165) is 27.9 Å². The number of amides is 1. The van der Waals surface area contributed by atoms with Gasteiger partial charge in [-0.05, 0) is 46.2 Å². The summed E-state index contributed by atoms with van der Waals surface area (Å²) in [6.45, 7) is 1.84. The van der Waals surface area contributed by atoms with Gasteiger partial charge >= 0.3 is 5.97 Å². The summed E-state index contributed by atoms with van der Waals surface area (Å²) in [6, 6.07) is 1.70. The number of phenols is 1. The molecule has 7 nitrogen and oxygen atoms in total. The fourth-order valence-electron chi connectivity index (χ4n) is 1.61. The Bertz CT molecular complexity index is 806. The number of nitrogens with one attached hydrogen (secondary N) is 1. The quantitative estimate of drug-likeness (QED) is 0.302. The fourth-order valence-corrected chi connectivity index (χ4v) is 3.50. The highest BCUT2D eigenvalue weighted by Crippen LogP contribution is 2.35. The Labute approximate surface area is 158 Å². The maximum atomic E-state index is 11.7. The third-order valence-corrected chi connectivity index (χ3v) is 5.59. The van der Waals surface area contributed by atoms with Crippen molar-refractivity contribution in [1.82, 2.24) is 5.32 Å². The van der Waals surface area contributed by atoms with Gasteiger partial charge in [-0.25, -0.2) is 4.79 Å². The van der Waals surface area contributed by atoms with Crippen LogP contribution in [0.1, 0.15) is 11.1 Å². The number of ether oxygens (including phenoxy) is 1. The highest BCUT2D eigenvalue weighted by Gasteiger charge is 2.25. The number of methoxy groups -OCH3 is 1. The summed E-state index contributed by atoms with van der Waals surface area (Å²) < 4.78 is 5.82. The van der Waals surface area contributed by atoms with Gasteiger partial charge in [0.1, 0.15) is 5.75 Å². The van der Waals surface area contributed by atoms with Crippen LogP contribution < -0.4 is 5.32 Å². The first-order valence-electron chi connectivity index (χ1n) is 6.41. The highest BCUT2D eigenvalue weighted by atomic mass is 79.9. The summed E-state index contributed by atoms with van der Waals surface area (Å²) in [5, 5.41) is 20.5. The molecule has 2 rings (SSSR count). The van der Waals surface area contributed by atoms with Crippen molar-refractivity contribution in [2.45, 2.75) is 6.92 Å². The Balaban J connectivity index is 2.18. The molecule has 10 heteroatoms. The van der Waals surface area contributed by atoms with E-state index >= 15 is 0 Å². The van der Waals surface area contributed by atoms with Crippen molar-refractivity contribution in [3.63, 3.8) is 0 Å². The Kier molecular flexibility index (Phi) is 6.19. The van der Waals surface area contributed by atoms with Gasteiger partial charge < -0.3 is 9.84 Å². The zero-order valence-electron chi connectivity index (χ0n) is 12.5. The van der Waals surface area contributed by atoms with Gasteiger partial charge in [0.05, 0.1) is 22.7 Å². The summed E-state index contributed by atoms with van der Waals surface area (Å²) >= 11 is 7.64. The predicted octanol–water partition coefficient (Wildman–Crippen LogP) is 2.84. The second-order valence-electron chi connectivity index (χ2n) is 4.47. The van der Waals surface area contributed by atoms with E-state index in [-0.39, 0.29) is 15.8 Å². The topological polar surface area (TPSA) is 100 Å². The molecule has 1 aromatic rings. The predicted molar refractivity (Wildman–Crippen MR) is 99.1 cm³/mol. The number of amidine groups is 1. The maximum Gasteiger partial charge on any atom is 0.331 e. The van der Waals surface area contributed by atoms with Crippen LogP contribution in [0.15, 0.2) is 36.2 Å². The highest BCUT2D eigenvalue weighted by molar-refractivity contribution is 9.11. The molecule has 0 spiro atoms. The molecule has 0 aliphatic carbocycles. The molecule has 126 valence electrons. The van der Waals surface area contributed by atoms with Crippen LogP contribution in [0.5, 0.6) is 5.75 Å². The zero-order valence-corrected chi connectivity index (χ0v) is 16.5. The molecule has 0 bridgehead atoms. The second-order valence-corrected chi connectivity index (χ2v) is 7.15. The monoisotopic (exact) mass is 475 g/mol. The largest absolute Gasteiger partial charge is 0.506 e. The number of carbonyl (C=O) groups excluding carboxylic acids is 2. The van der Waals surface area contributed by atoms with Gasteiger partial charge in [-0.15, -0.1) is 5.10 Å². The van der Waals surface area contributed by atoms with Crippen LogP contribution in [-0.2, 0) is 14.3 Å². The molecule has 24 heavy (non-hydrogen) atoms. The first kappa shape index (κ1) is 18.7. The van der Waals surface area contributed by atoms with Crippen LogP contribution in [0.3, 0.4) is 0 Å². The zero-order chi connectivity index (χ0) is 17.9. The SMILES string of the molecule is COC(=O)/C=C1/S/C(=N\N=Cc2cc(Br)c(C)c(Br)c2O)NC1=O. The van der Waals surface area contributed by atoms with Gasteiger partial charge in [-0.2, -0.15) is 5.10 Å². The Hall–Kier alpha value is -1.65. The lowest BCUT2D eigenvalue weighted by Gasteiger charge is -2.06. The van der Waals surface area contributed by atoms with Crippen molar-refractivity contribution in [2.75, 3.05) is 7.11 Å². The Morgan fingerprint density at radius 3 is 2.83 bits per heavy atom. The van der Waals surface area contributed by atoms with Gasteiger partial charge in [-0.3, -0.25) is 10.1 Å². The van der Waals surface area contributed by atoms with Crippen LogP contribution in [0.25, 0.3) is 0 Å². The number of halogens is 2. The molecule has 0 aromatic heterocycles. The van der Waals surface area contributed by atoms with E-state index in [1.165, 1.54) is 13.3 Å². The number of benzene rings is 1. The number of esters is 1. The lowest BCUT2D eigenvalue weighted by atomic mass is 10.1. The molecule has 1 aliphatic rings. The van der Waals surface area contributed by atoms with Crippen LogP contribution in [0, 0.1) is 6.92 Å². The number of carbonyl (C=O) groups is 2. The molecule has 2 N–H and O–H groups in total. The second kappa shape index (κ2) is 7.95. The van der Waals surface area contributed by atoms with E-state index in [1.54, 1.807) is 6.07 Å². The molecular weight excluding hydrogens is 466 g/mol. The van der Waals surface area contributed by atoms with E-state index in [9.17, 15) is 14.7 Å². The van der Waals surface area contributed by atoms with Crippen LogP contribution in [0.2, 0.25) is 0 Å². The number of thioether (sulfide) groups is 1. The van der Waals surface area contributed by atoms with E-state index in [4.69, 9.17) is 0 Å². The van der Waals surface area contributed by atoms with E-state index in [0.29, 0.717) is 10.0 Å². The van der Waals surface area contributed by atoms with E-state index in [2.05, 4.69) is 52.1 Å². The third-order valence-electron chi connectivity index (χ3n) is 2.90. The number of hydrogen-bond acceptors (Lipinski definition) is 7. The molecule has 0 radical (unpaired) electrons. The van der Waals surface area contributed by atoms with Crippen LogP contribution in [0.4, 0.5) is 0 Å².